The first kappa shape index (κ1) is 28.1. The van der Waals surface area contributed by atoms with Crippen molar-refractivity contribution in [3.63, 3.8) is 0 Å². The second-order valence-electron chi connectivity index (χ2n) is 5.63. The fourth-order valence-electron chi connectivity index (χ4n) is 2.14. The van der Waals surface area contributed by atoms with E-state index in [0.717, 1.165) is 20.1 Å². The molecule has 0 bridgehead atoms. The number of hydrogen-bond acceptors (Lipinski definition) is 4. The highest BCUT2D eigenvalue weighted by molar-refractivity contribution is 14.1. The van der Waals surface area contributed by atoms with Gasteiger partial charge in [-0.05, 0) is 61.1 Å². The van der Waals surface area contributed by atoms with E-state index in [2.05, 4.69) is 54.5 Å². The molecule has 1 atom stereocenters. The van der Waals surface area contributed by atoms with Crippen LogP contribution in [0.5, 0.6) is 0 Å². The van der Waals surface area contributed by atoms with Gasteiger partial charge in [0, 0.05) is 8.95 Å². The zero-order chi connectivity index (χ0) is 22.2. The summed E-state index contributed by atoms with van der Waals surface area (Å²) in [5, 5.41) is 0. The molecular formula is C22H27Br2IO4. The smallest absolute Gasteiger partial charge is 0.313 e. The van der Waals surface area contributed by atoms with Gasteiger partial charge in [0.25, 0.3) is 0 Å². The molecule has 0 saturated heterocycles. The molecule has 2 aromatic rings. The van der Waals surface area contributed by atoms with Gasteiger partial charge < -0.3 is 9.47 Å². The first-order chi connectivity index (χ1) is 13.9. The number of carbonyl (C=O) groups excluding carboxylic acids is 2. The lowest BCUT2D eigenvalue weighted by Gasteiger charge is -2.10. The molecule has 0 amide bonds. The third-order valence-corrected chi connectivity index (χ3v) is 4.63. The highest BCUT2D eigenvalue weighted by Gasteiger charge is 2.15. The lowest BCUT2D eigenvalue weighted by Crippen LogP contribution is -2.12. The van der Waals surface area contributed by atoms with Gasteiger partial charge in [0.1, 0.15) is 0 Å². The lowest BCUT2D eigenvalue weighted by molar-refractivity contribution is -0.144. The number of alkyl halides is 1. The van der Waals surface area contributed by atoms with Crippen LogP contribution in [0.25, 0.3) is 0 Å². The van der Waals surface area contributed by atoms with Crippen molar-refractivity contribution in [2.24, 2.45) is 0 Å². The zero-order valence-corrected chi connectivity index (χ0v) is 22.4. The van der Waals surface area contributed by atoms with E-state index >= 15 is 0 Å². The normalized spacial score (nSPS) is 10.4. The van der Waals surface area contributed by atoms with Crippen molar-refractivity contribution in [2.45, 2.75) is 33.1 Å². The van der Waals surface area contributed by atoms with Crippen molar-refractivity contribution in [1.82, 2.24) is 0 Å². The van der Waals surface area contributed by atoms with Gasteiger partial charge in [-0.25, -0.2) is 0 Å². The summed E-state index contributed by atoms with van der Waals surface area (Å²) in [6, 6.07) is 15.3. The Hall–Kier alpha value is -0.930. The minimum atomic E-state index is -0.192. The van der Waals surface area contributed by atoms with Crippen LogP contribution in [0.2, 0.25) is 0 Å². The fourth-order valence-corrected chi connectivity index (χ4v) is 2.66. The maximum atomic E-state index is 11.4. The van der Waals surface area contributed by atoms with Gasteiger partial charge in [-0.15, -0.1) is 0 Å². The van der Waals surface area contributed by atoms with Crippen LogP contribution >= 0.6 is 54.5 Å². The summed E-state index contributed by atoms with van der Waals surface area (Å²) in [6.45, 7) is 6.34. The van der Waals surface area contributed by atoms with E-state index < -0.39 is 0 Å². The topological polar surface area (TPSA) is 52.6 Å². The Morgan fingerprint density at radius 1 is 0.862 bits per heavy atom. The summed E-state index contributed by atoms with van der Waals surface area (Å²) in [5.74, 6) is -0.539. The molecule has 0 radical (unpaired) electrons. The number of esters is 2. The summed E-state index contributed by atoms with van der Waals surface area (Å²) >= 11 is 8.82. The Morgan fingerprint density at radius 3 is 1.76 bits per heavy atom. The van der Waals surface area contributed by atoms with Gasteiger partial charge in [-0.1, -0.05) is 78.7 Å². The van der Waals surface area contributed by atoms with Crippen LogP contribution in [0.3, 0.4) is 0 Å². The molecule has 0 aliphatic rings. The minimum Gasteiger partial charge on any atom is -0.466 e. The van der Waals surface area contributed by atoms with Crippen molar-refractivity contribution in [2.75, 3.05) is 18.1 Å². The summed E-state index contributed by atoms with van der Waals surface area (Å²) in [5.41, 5.74) is 1.95. The Kier molecular flexibility index (Phi) is 16.3. The number of carbonyl (C=O) groups is 2. The Morgan fingerprint density at radius 2 is 1.31 bits per heavy atom. The Balaban J connectivity index is 0.000000499. The summed E-state index contributed by atoms with van der Waals surface area (Å²) in [4.78, 5) is 24.4. The van der Waals surface area contributed by atoms with Gasteiger partial charge in [0.15, 0.2) is 0 Å². The van der Waals surface area contributed by atoms with Gasteiger partial charge in [0.05, 0.1) is 25.6 Å². The van der Waals surface area contributed by atoms with E-state index in [1.807, 2.05) is 67.3 Å². The van der Waals surface area contributed by atoms with Gasteiger partial charge in [-0.2, -0.15) is 0 Å². The monoisotopic (exact) mass is 640 g/mol. The van der Waals surface area contributed by atoms with Gasteiger partial charge in [-0.3, -0.25) is 9.59 Å². The minimum absolute atomic E-state index is 0.171. The Labute approximate surface area is 204 Å². The van der Waals surface area contributed by atoms with Crippen LogP contribution in [-0.2, 0) is 25.5 Å². The summed E-state index contributed by atoms with van der Waals surface area (Å²) in [6.07, 6.45) is 0.348. The molecule has 2 aromatic carbocycles. The number of benzene rings is 2. The van der Waals surface area contributed by atoms with Crippen LogP contribution in [0.15, 0.2) is 57.5 Å². The Bertz CT molecular complexity index is 719. The summed E-state index contributed by atoms with van der Waals surface area (Å²) < 4.78 is 11.8. The molecule has 4 nitrogen and oxygen atoms in total. The van der Waals surface area contributed by atoms with Crippen LogP contribution in [-0.4, -0.2) is 30.1 Å². The van der Waals surface area contributed by atoms with E-state index in [-0.39, 0.29) is 17.9 Å². The van der Waals surface area contributed by atoms with Crippen LogP contribution in [0, 0.1) is 0 Å². The standard InChI is InChI=1S/C11H13BrO2.C10H11BrO2.CH3I/c1-3-14-11(13)8(2)9-4-6-10(12)7-5-9;1-2-13-10(12)7-8-3-5-9(11)6-4-8;1-2/h4-8H,3H2,1-2H3;3-6H,2,7H2,1H3;1H3. The number of hydrogen-bond donors (Lipinski definition) is 0. The number of halogens is 3. The second kappa shape index (κ2) is 16.8. The molecule has 0 aromatic heterocycles. The van der Waals surface area contributed by atoms with Crippen molar-refractivity contribution < 1.29 is 19.1 Å². The van der Waals surface area contributed by atoms with Crippen molar-refractivity contribution in [3.8, 4) is 0 Å². The van der Waals surface area contributed by atoms with Crippen molar-refractivity contribution in [3.05, 3.63) is 68.6 Å². The van der Waals surface area contributed by atoms with E-state index in [1.54, 1.807) is 6.92 Å². The highest BCUT2D eigenvalue weighted by atomic mass is 127. The van der Waals surface area contributed by atoms with Gasteiger partial charge >= 0.3 is 11.9 Å². The summed E-state index contributed by atoms with van der Waals surface area (Å²) in [7, 11) is 0. The average molecular weight is 642 g/mol. The van der Waals surface area contributed by atoms with Crippen LogP contribution < -0.4 is 0 Å². The van der Waals surface area contributed by atoms with Crippen LogP contribution in [0.1, 0.15) is 37.8 Å². The lowest BCUT2D eigenvalue weighted by atomic mass is 10.0. The maximum Gasteiger partial charge on any atom is 0.313 e. The molecule has 0 saturated carbocycles. The first-order valence-electron chi connectivity index (χ1n) is 9.07. The molecule has 0 N–H and O–H groups in total. The molecule has 1 unspecified atom stereocenters. The predicted molar refractivity (Wildman–Crippen MR) is 134 cm³/mol. The third-order valence-electron chi connectivity index (χ3n) is 3.58. The highest BCUT2D eigenvalue weighted by Crippen LogP contribution is 2.19. The predicted octanol–water partition coefficient (Wildman–Crippen LogP) is 6.72. The molecule has 0 heterocycles. The van der Waals surface area contributed by atoms with E-state index in [9.17, 15) is 9.59 Å². The quantitative estimate of drug-likeness (QED) is 0.200. The molecule has 29 heavy (non-hydrogen) atoms. The molecule has 160 valence electrons. The number of ether oxygens (including phenoxy) is 2. The average Bonchev–Trinajstić information content (AvgIpc) is 2.72. The molecule has 0 aliphatic heterocycles. The van der Waals surface area contributed by atoms with Crippen molar-refractivity contribution >= 4 is 66.4 Å². The molecular weight excluding hydrogens is 615 g/mol. The van der Waals surface area contributed by atoms with Crippen molar-refractivity contribution in [1.29, 1.82) is 0 Å². The van der Waals surface area contributed by atoms with E-state index in [4.69, 9.17) is 9.47 Å². The molecule has 0 aliphatic carbocycles. The molecule has 0 fully saturated rings. The molecule has 0 spiro atoms. The number of rotatable bonds is 6. The molecule has 2 rings (SSSR count). The maximum absolute atomic E-state index is 11.4. The first-order valence-corrected chi connectivity index (χ1v) is 12.8. The third kappa shape index (κ3) is 12.4. The van der Waals surface area contributed by atoms with Crippen LogP contribution in [0.4, 0.5) is 0 Å². The largest absolute Gasteiger partial charge is 0.466 e. The molecule has 7 heteroatoms. The van der Waals surface area contributed by atoms with Gasteiger partial charge in [0.2, 0.25) is 0 Å². The van der Waals surface area contributed by atoms with E-state index in [0.29, 0.717) is 19.6 Å². The zero-order valence-electron chi connectivity index (χ0n) is 17.1. The second-order valence-corrected chi connectivity index (χ2v) is 7.46. The fraction of sp³-hybridized carbons (Fsp3) is 0.364. The van der Waals surface area contributed by atoms with E-state index in [1.165, 1.54) is 0 Å². The SMILES string of the molecule is CCOC(=O)C(C)c1ccc(Br)cc1.CCOC(=O)Cc1ccc(Br)cc1.CI.